The fraction of sp³-hybridized carbons (Fsp3) is 0.214. The zero-order valence-corrected chi connectivity index (χ0v) is 11.9. The van der Waals surface area contributed by atoms with E-state index in [4.69, 9.17) is 4.42 Å². The van der Waals surface area contributed by atoms with Gasteiger partial charge >= 0.3 is 0 Å². The van der Waals surface area contributed by atoms with Crippen LogP contribution in [0.25, 0.3) is 0 Å². The third-order valence-corrected chi connectivity index (χ3v) is 3.46. The van der Waals surface area contributed by atoms with Gasteiger partial charge in [-0.1, -0.05) is 34.1 Å². The molecule has 4 heteroatoms. The van der Waals surface area contributed by atoms with Crippen LogP contribution in [0.2, 0.25) is 0 Å². The van der Waals surface area contributed by atoms with Crippen molar-refractivity contribution in [2.75, 3.05) is 7.05 Å². The summed E-state index contributed by atoms with van der Waals surface area (Å²) < 4.78 is 6.16. The molecule has 94 valence electrons. The molecule has 0 radical (unpaired) electrons. The molecule has 0 saturated carbocycles. The van der Waals surface area contributed by atoms with Gasteiger partial charge in [0.15, 0.2) is 0 Å². The van der Waals surface area contributed by atoms with Crippen LogP contribution in [0.3, 0.4) is 0 Å². The molecular weight excluding hydrogens is 294 g/mol. The molecule has 0 spiro atoms. The number of halogens is 1. The van der Waals surface area contributed by atoms with Gasteiger partial charge in [0.05, 0.1) is 5.56 Å². The highest BCUT2D eigenvalue weighted by molar-refractivity contribution is 9.10. The predicted molar refractivity (Wildman–Crippen MR) is 73.4 cm³/mol. The third kappa shape index (κ3) is 2.82. The summed E-state index contributed by atoms with van der Waals surface area (Å²) in [5.74, 6) is 0.704. The van der Waals surface area contributed by atoms with Gasteiger partial charge in [0.1, 0.15) is 12.0 Å². The summed E-state index contributed by atoms with van der Waals surface area (Å²) in [5.41, 5.74) is 1.66. The maximum Gasteiger partial charge on any atom is 0.257 e. The first-order valence-electron chi connectivity index (χ1n) is 5.62. The van der Waals surface area contributed by atoms with Gasteiger partial charge in [-0.15, -0.1) is 0 Å². The summed E-state index contributed by atoms with van der Waals surface area (Å²) >= 11 is 3.48. The normalized spacial score (nSPS) is 10.4. The Morgan fingerprint density at radius 2 is 2.11 bits per heavy atom. The maximum absolute atomic E-state index is 12.1. The average Bonchev–Trinajstić information content (AvgIpc) is 2.78. The van der Waals surface area contributed by atoms with E-state index in [1.807, 2.05) is 31.2 Å². The Morgan fingerprint density at radius 3 is 2.72 bits per heavy atom. The van der Waals surface area contributed by atoms with E-state index in [9.17, 15) is 4.79 Å². The van der Waals surface area contributed by atoms with Gasteiger partial charge in [0.25, 0.3) is 5.91 Å². The van der Waals surface area contributed by atoms with Gasteiger partial charge in [-0.05, 0) is 24.6 Å². The Balaban J connectivity index is 2.11. The van der Waals surface area contributed by atoms with Gasteiger partial charge in [-0.2, -0.15) is 0 Å². The molecule has 0 N–H and O–H groups in total. The monoisotopic (exact) mass is 307 g/mol. The van der Waals surface area contributed by atoms with Gasteiger partial charge in [-0.25, -0.2) is 0 Å². The standard InChI is InChI=1S/C14H14BrNO2/c1-10-7-12(9-18-10)14(17)16(2)8-11-5-3-4-6-13(11)15/h3-7,9H,8H2,1-2H3. The van der Waals surface area contributed by atoms with Crippen LogP contribution in [0, 0.1) is 6.92 Å². The molecule has 1 aromatic heterocycles. The zero-order chi connectivity index (χ0) is 13.1. The van der Waals surface area contributed by atoms with E-state index in [-0.39, 0.29) is 5.91 Å². The number of amides is 1. The highest BCUT2D eigenvalue weighted by atomic mass is 79.9. The molecule has 18 heavy (non-hydrogen) atoms. The molecule has 0 aliphatic heterocycles. The molecule has 2 rings (SSSR count). The van der Waals surface area contributed by atoms with Crippen LogP contribution in [0.5, 0.6) is 0 Å². The van der Waals surface area contributed by atoms with Crippen molar-refractivity contribution in [1.29, 1.82) is 0 Å². The number of carbonyl (C=O) groups excluding carboxylic acids is 1. The molecule has 0 fully saturated rings. The number of hydrogen-bond acceptors (Lipinski definition) is 2. The lowest BCUT2D eigenvalue weighted by atomic mass is 10.2. The van der Waals surface area contributed by atoms with Gasteiger partial charge in [0, 0.05) is 18.1 Å². The molecule has 0 aliphatic rings. The van der Waals surface area contributed by atoms with Crippen molar-refractivity contribution in [3.05, 3.63) is 58.0 Å². The van der Waals surface area contributed by atoms with E-state index < -0.39 is 0 Å². The largest absolute Gasteiger partial charge is 0.469 e. The first-order chi connectivity index (χ1) is 8.58. The smallest absolute Gasteiger partial charge is 0.257 e. The topological polar surface area (TPSA) is 33.5 Å². The molecule has 1 aromatic carbocycles. The Labute approximate surface area is 115 Å². The quantitative estimate of drug-likeness (QED) is 0.867. The molecule has 0 bridgehead atoms. The molecule has 0 unspecified atom stereocenters. The van der Waals surface area contributed by atoms with Crippen molar-refractivity contribution in [2.45, 2.75) is 13.5 Å². The molecular formula is C14H14BrNO2. The van der Waals surface area contributed by atoms with Crippen molar-refractivity contribution in [3.8, 4) is 0 Å². The van der Waals surface area contributed by atoms with Gasteiger partial charge in [-0.3, -0.25) is 4.79 Å². The third-order valence-electron chi connectivity index (χ3n) is 2.69. The molecule has 2 aromatic rings. The number of aryl methyl sites for hydroxylation is 1. The highest BCUT2D eigenvalue weighted by Gasteiger charge is 2.14. The Kier molecular flexibility index (Phi) is 3.87. The summed E-state index contributed by atoms with van der Waals surface area (Å²) in [6.45, 7) is 2.38. The van der Waals surface area contributed by atoms with Crippen LogP contribution in [-0.4, -0.2) is 17.9 Å². The highest BCUT2D eigenvalue weighted by Crippen LogP contribution is 2.18. The van der Waals surface area contributed by atoms with E-state index in [0.29, 0.717) is 12.1 Å². The molecule has 0 aliphatic carbocycles. The fourth-order valence-electron chi connectivity index (χ4n) is 1.73. The first kappa shape index (κ1) is 12.9. The average molecular weight is 308 g/mol. The fourth-order valence-corrected chi connectivity index (χ4v) is 2.14. The second-order valence-corrected chi connectivity index (χ2v) is 5.05. The second-order valence-electron chi connectivity index (χ2n) is 4.20. The van der Waals surface area contributed by atoms with Crippen molar-refractivity contribution >= 4 is 21.8 Å². The van der Waals surface area contributed by atoms with Crippen LogP contribution in [0.4, 0.5) is 0 Å². The molecule has 1 heterocycles. The second kappa shape index (κ2) is 5.40. The van der Waals surface area contributed by atoms with E-state index in [1.54, 1.807) is 18.0 Å². The SMILES string of the molecule is Cc1cc(C(=O)N(C)Cc2ccccc2Br)co1. The minimum Gasteiger partial charge on any atom is -0.469 e. The van der Waals surface area contributed by atoms with Crippen molar-refractivity contribution in [2.24, 2.45) is 0 Å². The molecule has 0 atom stereocenters. The number of furan rings is 1. The van der Waals surface area contributed by atoms with Gasteiger partial charge < -0.3 is 9.32 Å². The lowest BCUT2D eigenvalue weighted by Crippen LogP contribution is -2.25. The minimum atomic E-state index is -0.0393. The zero-order valence-electron chi connectivity index (χ0n) is 10.3. The summed E-state index contributed by atoms with van der Waals surface area (Å²) in [4.78, 5) is 13.8. The number of rotatable bonds is 3. The molecule has 0 saturated heterocycles. The van der Waals surface area contributed by atoms with E-state index in [2.05, 4.69) is 15.9 Å². The Bertz CT molecular complexity index is 562. The number of carbonyl (C=O) groups is 1. The maximum atomic E-state index is 12.1. The van der Waals surface area contributed by atoms with Crippen molar-refractivity contribution in [1.82, 2.24) is 4.90 Å². The first-order valence-corrected chi connectivity index (χ1v) is 6.41. The van der Waals surface area contributed by atoms with Crippen molar-refractivity contribution < 1.29 is 9.21 Å². The van der Waals surface area contributed by atoms with Gasteiger partial charge in [0.2, 0.25) is 0 Å². The molecule has 3 nitrogen and oxygen atoms in total. The van der Waals surface area contributed by atoms with Crippen LogP contribution >= 0.6 is 15.9 Å². The van der Waals surface area contributed by atoms with Crippen LogP contribution in [0.15, 0.2) is 45.5 Å². The Hall–Kier alpha value is -1.55. The predicted octanol–water partition coefficient (Wildman–Crippen LogP) is 3.62. The van der Waals surface area contributed by atoms with Crippen molar-refractivity contribution in [3.63, 3.8) is 0 Å². The van der Waals surface area contributed by atoms with Crippen LogP contribution in [-0.2, 0) is 6.54 Å². The summed E-state index contributed by atoms with van der Waals surface area (Å²) in [6.07, 6.45) is 1.49. The molecule has 1 amide bonds. The Morgan fingerprint density at radius 1 is 1.39 bits per heavy atom. The number of benzene rings is 1. The minimum absolute atomic E-state index is 0.0393. The lowest BCUT2D eigenvalue weighted by Gasteiger charge is -2.17. The summed E-state index contributed by atoms with van der Waals surface area (Å²) in [6, 6.07) is 9.62. The van der Waals surface area contributed by atoms with E-state index in [0.717, 1.165) is 15.8 Å². The van der Waals surface area contributed by atoms with E-state index in [1.165, 1.54) is 6.26 Å². The summed E-state index contributed by atoms with van der Waals surface area (Å²) in [7, 11) is 1.78. The lowest BCUT2D eigenvalue weighted by molar-refractivity contribution is 0.0784. The number of hydrogen-bond donors (Lipinski definition) is 0. The van der Waals surface area contributed by atoms with E-state index >= 15 is 0 Å². The van der Waals surface area contributed by atoms with Crippen LogP contribution < -0.4 is 0 Å². The van der Waals surface area contributed by atoms with Crippen LogP contribution in [0.1, 0.15) is 21.7 Å². The summed E-state index contributed by atoms with van der Waals surface area (Å²) in [5, 5.41) is 0. The number of nitrogens with zero attached hydrogens (tertiary/aromatic N) is 1.